The average Bonchev–Trinajstić information content (AvgIpc) is 3.14. The molecule has 18 heavy (non-hydrogen) atoms. The number of carbonyl (C=O) groups excluding carboxylic acids is 1. The molecule has 2 N–H and O–H groups in total. The van der Waals surface area contributed by atoms with Crippen LogP contribution in [0.15, 0.2) is 12.1 Å². The number of anilines is 1. The van der Waals surface area contributed by atoms with Crippen LogP contribution in [0.1, 0.15) is 29.6 Å². The van der Waals surface area contributed by atoms with E-state index in [1.54, 1.807) is 6.07 Å². The van der Waals surface area contributed by atoms with E-state index in [0.717, 1.165) is 12.3 Å². The highest BCUT2D eigenvalue weighted by Crippen LogP contribution is 2.35. The molecule has 0 saturated heterocycles. The zero-order valence-corrected chi connectivity index (χ0v) is 11.0. The first-order valence-electron chi connectivity index (χ1n) is 5.92. The largest absolute Gasteiger partial charge is 0.491 e. The van der Waals surface area contributed by atoms with Crippen LogP contribution in [0.3, 0.4) is 0 Å². The second-order valence-corrected chi connectivity index (χ2v) is 4.86. The average molecular weight is 270 g/mol. The van der Waals surface area contributed by atoms with Crippen LogP contribution >= 0.6 is 11.6 Å². The van der Waals surface area contributed by atoms with Gasteiger partial charge in [0.2, 0.25) is 0 Å². The molecule has 1 aromatic carbocycles. The Morgan fingerprint density at radius 2 is 2.22 bits per heavy atom. The predicted octanol–water partition coefficient (Wildman–Crippen LogP) is 2.89. The molecule has 0 aliphatic heterocycles. The van der Waals surface area contributed by atoms with Gasteiger partial charge >= 0.3 is 5.97 Å². The van der Waals surface area contributed by atoms with Crippen molar-refractivity contribution in [2.45, 2.75) is 19.3 Å². The van der Waals surface area contributed by atoms with E-state index in [2.05, 4.69) is 0 Å². The van der Waals surface area contributed by atoms with Gasteiger partial charge in [0.15, 0.2) is 5.75 Å². The molecule has 2 rings (SSSR count). The number of benzene rings is 1. The fourth-order valence-electron chi connectivity index (χ4n) is 1.76. The molecule has 1 aromatic rings. The van der Waals surface area contributed by atoms with Crippen LogP contribution in [0.2, 0.25) is 5.02 Å². The van der Waals surface area contributed by atoms with E-state index in [-0.39, 0.29) is 5.56 Å². The molecule has 0 aromatic heterocycles. The normalized spacial score (nSPS) is 14.3. The van der Waals surface area contributed by atoms with Crippen molar-refractivity contribution in [1.82, 2.24) is 0 Å². The molecular weight excluding hydrogens is 254 g/mol. The number of esters is 1. The molecule has 1 fully saturated rings. The number of hydrogen-bond donors (Lipinski definition) is 1. The number of rotatable bonds is 5. The van der Waals surface area contributed by atoms with Crippen molar-refractivity contribution in [2.75, 3.05) is 19.5 Å². The third kappa shape index (κ3) is 3.07. The second-order valence-electron chi connectivity index (χ2n) is 4.45. The second kappa shape index (κ2) is 5.48. The first kappa shape index (κ1) is 13.0. The highest BCUT2D eigenvalue weighted by atomic mass is 35.5. The van der Waals surface area contributed by atoms with Crippen molar-refractivity contribution < 1.29 is 14.3 Å². The first-order valence-corrected chi connectivity index (χ1v) is 6.29. The minimum atomic E-state index is -0.495. The summed E-state index contributed by atoms with van der Waals surface area (Å²) in [6, 6.07) is 3.09. The van der Waals surface area contributed by atoms with E-state index in [1.165, 1.54) is 26.0 Å². The van der Waals surface area contributed by atoms with Gasteiger partial charge in [0, 0.05) is 5.69 Å². The zero-order valence-electron chi connectivity index (χ0n) is 10.2. The van der Waals surface area contributed by atoms with Gasteiger partial charge in [-0.05, 0) is 24.5 Å². The third-order valence-electron chi connectivity index (χ3n) is 2.94. The van der Waals surface area contributed by atoms with Crippen LogP contribution in [0.5, 0.6) is 5.75 Å². The zero-order chi connectivity index (χ0) is 13.1. The molecule has 0 heterocycles. The number of nitrogen functional groups attached to an aromatic ring is 1. The van der Waals surface area contributed by atoms with Gasteiger partial charge in [0.25, 0.3) is 0 Å². The summed E-state index contributed by atoms with van der Waals surface area (Å²) < 4.78 is 10.3. The Hall–Kier alpha value is -1.42. The summed E-state index contributed by atoms with van der Waals surface area (Å²) in [6.45, 7) is 0.554. The number of ether oxygens (including phenoxy) is 2. The fourth-order valence-corrected chi connectivity index (χ4v) is 2.04. The minimum Gasteiger partial charge on any atom is -0.491 e. The molecule has 5 heteroatoms. The summed E-state index contributed by atoms with van der Waals surface area (Å²) >= 11 is 6.05. The lowest BCUT2D eigenvalue weighted by atomic mass is 10.1. The van der Waals surface area contributed by atoms with E-state index in [4.69, 9.17) is 26.8 Å². The van der Waals surface area contributed by atoms with Crippen LogP contribution in [-0.2, 0) is 4.74 Å². The Kier molecular flexibility index (Phi) is 3.97. The Labute approximate surface area is 111 Å². The van der Waals surface area contributed by atoms with E-state index >= 15 is 0 Å². The van der Waals surface area contributed by atoms with Crippen molar-refractivity contribution in [2.24, 2.45) is 5.92 Å². The lowest BCUT2D eigenvalue weighted by Gasteiger charge is -2.12. The maximum atomic E-state index is 11.6. The lowest BCUT2D eigenvalue weighted by Crippen LogP contribution is -2.08. The highest BCUT2D eigenvalue weighted by molar-refractivity contribution is 6.33. The standard InChI is InChI=1S/C13H16ClNO3/c1-17-13(16)10-6-9(15)7-11(14)12(10)18-5-4-8-2-3-8/h6-8H,2-5,15H2,1H3. The smallest absolute Gasteiger partial charge is 0.341 e. The van der Waals surface area contributed by atoms with Crippen LogP contribution in [-0.4, -0.2) is 19.7 Å². The molecule has 0 amide bonds. The first-order chi connectivity index (χ1) is 8.61. The molecular formula is C13H16ClNO3. The van der Waals surface area contributed by atoms with Crippen LogP contribution in [0.25, 0.3) is 0 Å². The van der Waals surface area contributed by atoms with Gasteiger partial charge in [-0.25, -0.2) is 4.79 Å². The molecule has 1 aliphatic carbocycles. The number of methoxy groups -OCH3 is 1. The topological polar surface area (TPSA) is 61.5 Å². The van der Waals surface area contributed by atoms with Crippen molar-refractivity contribution in [1.29, 1.82) is 0 Å². The maximum Gasteiger partial charge on any atom is 0.341 e. The molecule has 1 saturated carbocycles. The van der Waals surface area contributed by atoms with Gasteiger partial charge in [0.05, 0.1) is 18.7 Å². The number of hydrogen-bond acceptors (Lipinski definition) is 4. The Bertz CT molecular complexity index is 458. The Morgan fingerprint density at radius 3 is 2.83 bits per heavy atom. The molecule has 0 bridgehead atoms. The molecule has 4 nitrogen and oxygen atoms in total. The van der Waals surface area contributed by atoms with E-state index in [9.17, 15) is 4.79 Å². The van der Waals surface area contributed by atoms with Crippen LogP contribution < -0.4 is 10.5 Å². The van der Waals surface area contributed by atoms with Crippen molar-refractivity contribution >= 4 is 23.3 Å². The molecule has 1 aliphatic rings. The Morgan fingerprint density at radius 1 is 1.50 bits per heavy atom. The van der Waals surface area contributed by atoms with Gasteiger partial charge in [0.1, 0.15) is 5.56 Å². The summed E-state index contributed by atoms with van der Waals surface area (Å²) in [6.07, 6.45) is 3.52. The van der Waals surface area contributed by atoms with Gasteiger partial charge in [-0.15, -0.1) is 0 Å². The van der Waals surface area contributed by atoms with Gasteiger partial charge in [-0.1, -0.05) is 24.4 Å². The van der Waals surface area contributed by atoms with Crippen molar-refractivity contribution in [3.05, 3.63) is 22.7 Å². The van der Waals surface area contributed by atoms with E-state index in [0.29, 0.717) is 23.1 Å². The summed E-state index contributed by atoms with van der Waals surface area (Å²) in [7, 11) is 1.31. The maximum absolute atomic E-state index is 11.6. The molecule has 0 unspecified atom stereocenters. The summed E-state index contributed by atoms with van der Waals surface area (Å²) in [5.41, 5.74) is 6.35. The van der Waals surface area contributed by atoms with E-state index in [1.807, 2.05) is 0 Å². The predicted molar refractivity (Wildman–Crippen MR) is 70.0 cm³/mol. The number of carbonyl (C=O) groups is 1. The third-order valence-corrected chi connectivity index (χ3v) is 3.22. The monoisotopic (exact) mass is 269 g/mol. The summed E-state index contributed by atoms with van der Waals surface area (Å²) in [4.78, 5) is 11.6. The lowest BCUT2D eigenvalue weighted by molar-refractivity contribution is 0.0596. The minimum absolute atomic E-state index is 0.276. The van der Waals surface area contributed by atoms with Crippen molar-refractivity contribution in [3.8, 4) is 5.75 Å². The summed E-state index contributed by atoms with van der Waals surface area (Å²) in [5.74, 6) is 0.628. The molecule has 0 radical (unpaired) electrons. The summed E-state index contributed by atoms with van der Waals surface area (Å²) in [5, 5.41) is 0.339. The van der Waals surface area contributed by atoms with E-state index < -0.39 is 5.97 Å². The van der Waals surface area contributed by atoms with Gasteiger partial charge in [-0.2, -0.15) is 0 Å². The SMILES string of the molecule is COC(=O)c1cc(N)cc(Cl)c1OCCC1CC1. The number of halogens is 1. The van der Waals surface area contributed by atoms with Gasteiger partial charge in [-0.3, -0.25) is 0 Å². The molecule has 0 atom stereocenters. The van der Waals surface area contributed by atoms with Gasteiger partial charge < -0.3 is 15.2 Å². The molecule has 0 spiro atoms. The quantitative estimate of drug-likeness (QED) is 0.659. The van der Waals surface area contributed by atoms with Crippen molar-refractivity contribution in [3.63, 3.8) is 0 Å². The Balaban J connectivity index is 2.16. The number of nitrogens with two attached hydrogens (primary N) is 1. The molecule has 98 valence electrons. The highest BCUT2D eigenvalue weighted by Gasteiger charge is 2.22. The van der Waals surface area contributed by atoms with Crippen LogP contribution in [0.4, 0.5) is 5.69 Å². The van der Waals surface area contributed by atoms with Crippen LogP contribution in [0, 0.1) is 5.92 Å². The fraction of sp³-hybridized carbons (Fsp3) is 0.462.